The number of nitrogens with zero attached hydrogens (tertiary/aromatic N) is 1. The Morgan fingerprint density at radius 2 is 2.21 bits per heavy atom. The Morgan fingerprint density at radius 1 is 1.47 bits per heavy atom. The molecule has 2 rings (SSSR count). The Kier molecular flexibility index (Phi) is 4.70. The summed E-state index contributed by atoms with van der Waals surface area (Å²) in [7, 11) is -3.10. The number of rotatable bonds is 3. The van der Waals surface area contributed by atoms with Gasteiger partial charge in [0.25, 0.3) is 0 Å². The molecule has 8 heteroatoms. The highest BCUT2D eigenvalue weighted by Crippen LogP contribution is 2.17. The number of hydrogen-bond acceptors (Lipinski definition) is 5. The summed E-state index contributed by atoms with van der Waals surface area (Å²) in [4.78, 5) is 14.0. The van der Waals surface area contributed by atoms with Crippen molar-refractivity contribution in [1.82, 2.24) is 15.5 Å². The molecular formula is C11H20ClN3O3S. The van der Waals surface area contributed by atoms with Crippen LogP contribution >= 0.6 is 11.6 Å². The molecule has 0 saturated carbocycles. The number of nitrogens with one attached hydrogen (secondary N) is 2. The monoisotopic (exact) mass is 309 g/mol. The zero-order valence-corrected chi connectivity index (χ0v) is 12.5. The standard InChI is InChI=1S/C11H20ClN3O3S/c1-8-4-15(3-2-13-8)5-11(16)14-10-7-19(17,18)6-9(10)12/h8-10,13H,2-7H2,1H3,(H,14,16)/t8-,9?,10?/m1/s1. The van der Waals surface area contributed by atoms with E-state index in [1.54, 1.807) is 0 Å². The third-order valence-corrected chi connectivity index (χ3v) is 5.83. The SMILES string of the molecule is C[C@@H]1CN(CC(=O)NC2CS(=O)(=O)CC2Cl)CCN1. The van der Waals surface area contributed by atoms with Gasteiger partial charge in [0.15, 0.2) is 9.84 Å². The van der Waals surface area contributed by atoms with Crippen molar-refractivity contribution in [3.05, 3.63) is 0 Å². The molecule has 2 heterocycles. The maximum absolute atomic E-state index is 11.9. The van der Waals surface area contributed by atoms with Crippen molar-refractivity contribution in [2.75, 3.05) is 37.7 Å². The fourth-order valence-electron chi connectivity index (χ4n) is 2.55. The predicted molar refractivity (Wildman–Crippen MR) is 74.1 cm³/mol. The van der Waals surface area contributed by atoms with Crippen LogP contribution in [-0.4, -0.2) is 74.4 Å². The lowest BCUT2D eigenvalue weighted by molar-refractivity contribution is -0.123. The Bertz CT molecular complexity index is 442. The van der Waals surface area contributed by atoms with Crippen LogP contribution in [0.2, 0.25) is 0 Å². The van der Waals surface area contributed by atoms with E-state index in [1.165, 1.54) is 0 Å². The maximum atomic E-state index is 11.9. The molecular weight excluding hydrogens is 290 g/mol. The fraction of sp³-hybridized carbons (Fsp3) is 0.909. The van der Waals surface area contributed by atoms with Gasteiger partial charge in [-0.05, 0) is 6.92 Å². The Hall–Kier alpha value is -0.370. The number of carbonyl (C=O) groups is 1. The van der Waals surface area contributed by atoms with Crippen molar-refractivity contribution in [2.24, 2.45) is 0 Å². The largest absolute Gasteiger partial charge is 0.350 e. The van der Waals surface area contributed by atoms with Crippen LogP contribution < -0.4 is 10.6 Å². The van der Waals surface area contributed by atoms with Gasteiger partial charge in [0.2, 0.25) is 5.91 Å². The first-order chi connectivity index (χ1) is 8.85. The van der Waals surface area contributed by atoms with Gasteiger partial charge < -0.3 is 10.6 Å². The molecule has 6 nitrogen and oxygen atoms in total. The van der Waals surface area contributed by atoms with E-state index in [0.29, 0.717) is 12.6 Å². The number of hydrogen-bond donors (Lipinski definition) is 2. The second-order valence-electron chi connectivity index (χ2n) is 5.36. The molecule has 3 atom stereocenters. The zero-order valence-electron chi connectivity index (χ0n) is 10.9. The van der Waals surface area contributed by atoms with Gasteiger partial charge in [-0.15, -0.1) is 11.6 Å². The van der Waals surface area contributed by atoms with Gasteiger partial charge in [0, 0.05) is 25.7 Å². The molecule has 0 aromatic carbocycles. The van der Waals surface area contributed by atoms with E-state index < -0.39 is 21.3 Å². The second-order valence-corrected chi connectivity index (χ2v) is 8.07. The molecule has 0 radical (unpaired) electrons. The number of alkyl halides is 1. The van der Waals surface area contributed by atoms with Gasteiger partial charge in [-0.1, -0.05) is 0 Å². The minimum Gasteiger partial charge on any atom is -0.350 e. The van der Waals surface area contributed by atoms with E-state index in [4.69, 9.17) is 11.6 Å². The molecule has 0 aromatic rings. The van der Waals surface area contributed by atoms with Gasteiger partial charge >= 0.3 is 0 Å². The lowest BCUT2D eigenvalue weighted by Crippen LogP contribution is -2.53. The minimum atomic E-state index is -3.10. The third kappa shape index (κ3) is 4.30. The van der Waals surface area contributed by atoms with E-state index in [0.717, 1.165) is 19.6 Å². The quantitative estimate of drug-likeness (QED) is 0.640. The molecule has 2 fully saturated rings. The Morgan fingerprint density at radius 3 is 2.79 bits per heavy atom. The average molecular weight is 310 g/mol. The minimum absolute atomic E-state index is 0.0507. The fourth-order valence-corrected chi connectivity index (χ4v) is 5.10. The Balaban J connectivity index is 1.81. The van der Waals surface area contributed by atoms with Crippen LogP contribution in [0.25, 0.3) is 0 Å². The molecule has 0 spiro atoms. The van der Waals surface area contributed by atoms with E-state index >= 15 is 0 Å². The van der Waals surface area contributed by atoms with Crippen LogP contribution in [-0.2, 0) is 14.6 Å². The van der Waals surface area contributed by atoms with Crippen LogP contribution in [0.3, 0.4) is 0 Å². The second kappa shape index (κ2) is 5.95. The summed E-state index contributed by atoms with van der Waals surface area (Å²) >= 11 is 5.96. The highest BCUT2D eigenvalue weighted by atomic mass is 35.5. The maximum Gasteiger partial charge on any atom is 0.234 e. The van der Waals surface area contributed by atoms with Crippen LogP contribution in [0.1, 0.15) is 6.92 Å². The summed E-state index contributed by atoms with van der Waals surface area (Å²) in [6.07, 6.45) is 0. The summed E-state index contributed by atoms with van der Waals surface area (Å²) in [6, 6.07) is -0.0892. The molecule has 2 N–H and O–H groups in total. The summed E-state index contributed by atoms with van der Waals surface area (Å²) in [5.74, 6) is -0.253. The summed E-state index contributed by atoms with van der Waals surface area (Å²) in [5, 5.41) is 5.52. The topological polar surface area (TPSA) is 78.5 Å². The average Bonchev–Trinajstić information content (AvgIpc) is 2.51. The molecule has 2 saturated heterocycles. The van der Waals surface area contributed by atoms with Crippen molar-refractivity contribution in [3.8, 4) is 0 Å². The van der Waals surface area contributed by atoms with Crippen LogP contribution in [0, 0.1) is 0 Å². The first-order valence-electron chi connectivity index (χ1n) is 6.45. The number of amides is 1. The molecule has 0 aliphatic carbocycles. The first-order valence-corrected chi connectivity index (χ1v) is 8.71. The van der Waals surface area contributed by atoms with E-state index in [1.807, 2.05) is 0 Å². The van der Waals surface area contributed by atoms with E-state index in [-0.39, 0.29) is 17.4 Å². The molecule has 0 aromatic heterocycles. The summed E-state index contributed by atoms with van der Waals surface area (Å²) in [5.41, 5.74) is 0. The smallest absolute Gasteiger partial charge is 0.234 e. The molecule has 1 amide bonds. The molecule has 2 aliphatic rings. The lowest BCUT2D eigenvalue weighted by atomic mass is 10.2. The molecule has 19 heavy (non-hydrogen) atoms. The normalized spacial score (nSPS) is 35.2. The molecule has 110 valence electrons. The lowest BCUT2D eigenvalue weighted by Gasteiger charge is -2.31. The zero-order chi connectivity index (χ0) is 14.0. The molecule has 0 bridgehead atoms. The first kappa shape index (κ1) is 15.0. The number of carbonyl (C=O) groups excluding carboxylic acids is 1. The predicted octanol–water partition coefficient (Wildman–Crippen LogP) is -1.20. The van der Waals surface area contributed by atoms with Gasteiger partial charge in [0.1, 0.15) is 0 Å². The van der Waals surface area contributed by atoms with Crippen molar-refractivity contribution < 1.29 is 13.2 Å². The third-order valence-electron chi connectivity index (χ3n) is 3.45. The number of piperazine rings is 1. The molecule has 2 aliphatic heterocycles. The molecule has 2 unspecified atom stereocenters. The summed E-state index contributed by atoms with van der Waals surface area (Å²) < 4.78 is 22.8. The van der Waals surface area contributed by atoms with E-state index in [2.05, 4.69) is 22.5 Å². The van der Waals surface area contributed by atoms with Crippen molar-refractivity contribution in [2.45, 2.75) is 24.4 Å². The van der Waals surface area contributed by atoms with Gasteiger partial charge in [-0.25, -0.2) is 8.42 Å². The van der Waals surface area contributed by atoms with Crippen molar-refractivity contribution in [1.29, 1.82) is 0 Å². The summed E-state index contributed by atoms with van der Waals surface area (Å²) in [6.45, 7) is 4.88. The van der Waals surface area contributed by atoms with Gasteiger partial charge in [-0.3, -0.25) is 9.69 Å². The van der Waals surface area contributed by atoms with Gasteiger partial charge in [0.05, 0.1) is 29.5 Å². The van der Waals surface area contributed by atoms with Crippen molar-refractivity contribution >= 4 is 27.3 Å². The number of halogens is 1. The van der Waals surface area contributed by atoms with Crippen LogP contribution in [0.15, 0.2) is 0 Å². The van der Waals surface area contributed by atoms with Crippen LogP contribution in [0.4, 0.5) is 0 Å². The highest BCUT2D eigenvalue weighted by molar-refractivity contribution is 7.91. The Labute approximate surface area is 118 Å². The van der Waals surface area contributed by atoms with Crippen molar-refractivity contribution in [3.63, 3.8) is 0 Å². The van der Waals surface area contributed by atoms with E-state index in [9.17, 15) is 13.2 Å². The van der Waals surface area contributed by atoms with Gasteiger partial charge in [-0.2, -0.15) is 0 Å². The van der Waals surface area contributed by atoms with Crippen LogP contribution in [0.5, 0.6) is 0 Å². The number of sulfone groups is 1. The highest BCUT2D eigenvalue weighted by Gasteiger charge is 2.37.